The van der Waals surface area contributed by atoms with Gasteiger partial charge in [0.1, 0.15) is 16.4 Å². The molecular formula is C20H14ClFN2O2S. The van der Waals surface area contributed by atoms with Gasteiger partial charge in [-0.05, 0) is 35.9 Å². The second-order valence-corrected chi connectivity index (χ2v) is 7.26. The quantitative estimate of drug-likeness (QED) is 0.485. The molecule has 0 unspecified atom stereocenters. The summed E-state index contributed by atoms with van der Waals surface area (Å²) in [5.74, 6) is 0.136. The number of thiophene rings is 1. The lowest BCUT2D eigenvalue weighted by molar-refractivity contribution is 0.406. The minimum Gasteiger partial charge on any atom is -0.496 e. The molecule has 0 aliphatic rings. The predicted octanol–water partition coefficient (Wildman–Crippen LogP) is 4.97. The minimum absolute atomic E-state index is 0.165. The molecule has 0 bridgehead atoms. The van der Waals surface area contributed by atoms with Gasteiger partial charge in [0, 0.05) is 21.5 Å². The van der Waals surface area contributed by atoms with Crippen molar-refractivity contribution in [2.24, 2.45) is 0 Å². The number of fused-ring (bicyclic) bond motifs is 1. The third kappa shape index (κ3) is 3.34. The first-order chi connectivity index (χ1) is 13.1. The van der Waals surface area contributed by atoms with Crippen molar-refractivity contribution >= 4 is 33.2 Å². The summed E-state index contributed by atoms with van der Waals surface area (Å²) in [7, 11) is 1.51. The Labute approximate surface area is 163 Å². The van der Waals surface area contributed by atoms with E-state index in [0.29, 0.717) is 26.6 Å². The average molecular weight is 401 g/mol. The topological polar surface area (TPSA) is 44.1 Å². The molecule has 0 fully saturated rings. The third-order valence-electron chi connectivity index (χ3n) is 4.30. The average Bonchev–Trinajstić information content (AvgIpc) is 3.10. The van der Waals surface area contributed by atoms with Gasteiger partial charge in [-0.15, -0.1) is 11.3 Å². The van der Waals surface area contributed by atoms with Gasteiger partial charge in [0.25, 0.3) is 5.56 Å². The number of aromatic nitrogens is 2. The van der Waals surface area contributed by atoms with Crippen LogP contribution < -0.4 is 10.3 Å². The number of methoxy groups -OCH3 is 1. The summed E-state index contributed by atoms with van der Waals surface area (Å²) in [6.45, 7) is 0.165. The van der Waals surface area contributed by atoms with Gasteiger partial charge in [0.2, 0.25) is 0 Å². The van der Waals surface area contributed by atoms with E-state index in [1.165, 1.54) is 41.5 Å². The fourth-order valence-corrected chi connectivity index (χ4v) is 4.01. The number of ether oxygens (including phenoxy) is 1. The van der Waals surface area contributed by atoms with Crippen LogP contribution in [0.4, 0.5) is 4.39 Å². The molecular weight excluding hydrogens is 387 g/mol. The zero-order chi connectivity index (χ0) is 19.0. The zero-order valence-electron chi connectivity index (χ0n) is 14.3. The molecule has 136 valence electrons. The normalized spacial score (nSPS) is 11.1. The van der Waals surface area contributed by atoms with Gasteiger partial charge < -0.3 is 4.74 Å². The van der Waals surface area contributed by atoms with Gasteiger partial charge in [-0.1, -0.05) is 23.7 Å². The van der Waals surface area contributed by atoms with Crippen LogP contribution >= 0.6 is 22.9 Å². The van der Waals surface area contributed by atoms with Crippen molar-refractivity contribution in [3.05, 3.63) is 80.9 Å². The monoisotopic (exact) mass is 400 g/mol. The smallest absolute Gasteiger partial charge is 0.263 e. The van der Waals surface area contributed by atoms with Crippen molar-refractivity contribution in [3.63, 3.8) is 0 Å². The summed E-state index contributed by atoms with van der Waals surface area (Å²) < 4.78 is 20.4. The summed E-state index contributed by atoms with van der Waals surface area (Å²) in [5, 5.41) is 3.09. The van der Waals surface area contributed by atoms with E-state index in [2.05, 4.69) is 4.98 Å². The first-order valence-corrected chi connectivity index (χ1v) is 9.37. The molecule has 0 aliphatic heterocycles. The van der Waals surface area contributed by atoms with Crippen LogP contribution in [0.3, 0.4) is 0 Å². The molecule has 0 atom stereocenters. The maximum atomic E-state index is 13.6. The number of rotatable bonds is 4. The third-order valence-corrected chi connectivity index (χ3v) is 5.44. The van der Waals surface area contributed by atoms with E-state index in [1.54, 1.807) is 18.2 Å². The van der Waals surface area contributed by atoms with E-state index in [0.717, 1.165) is 11.1 Å². The SMILES string of the molecule is COc1ccc(F)cc1Cn1cnc2scc(-c3ccc(Cl)cc3)c2c1=O. The fraction of sp³-hybridized carbons (Fsp3) is 0.100. The van der Waals surface area contributed by atoms with E-state index < -0.39 is 0 Å². The Bertz CT molecular complexity index is 1190. The fourth-order valence-electron chi connectivity index (χ4n) is 2.98. The Morgan fingerprint density at radius 3 is 2.74 bits per heavy atom. The lowest BCUT2D eigenvalue weighted by Gasteiger charge is -2.10. The van der Waals surface area contributed by atoms with E-state index in [-0.39, 0.29) is 17.9 Å². The van der Waals surface area contributed by atoms with Crippen molar-refractivity contribution in [3.8, 4) is 16.9 Å². The predicted molar refractivity (Wildman–Crippen MR) is 106 cm³/mol. The van der Waals surface area contributed by atoms with E-state index in [9.17, 15) is 9.18 Å². The van der Waals surface area contributed by atoms with Crippen molar-refractivity contribution < 1.29 is 9.13 Å². The van der Waals surface area contributed by atoms with Crippen LogP contribution in [0.2, 0.25) is 5.02 Å². The lowest BCUT2D eigenvalue weighted by atomic mass is 10.1. The Morgan fingerprint density at radius 2 is 2.00 bits per heavy atom. The van der Waals surface area contributed by atoms with Crippen LogP contribution in [0.15, 0.2) is 59.0 Å². The second-order valence-electron chi connectivity index (χ2n) is 5.97. The number of nitrogens with zero attached hydrogens (tertiary/aromatic N) is 2. The molecule has 0 aliphatic carbocycles. The molecule has 0 spiro atoms. The van der Waals surface area contributed by atoms with Crippen molar-refractivity contribution in [1.29, 1.82) is 0 Å². The van der Waals surface area contributed by atoms with Gasteiger partial charge in [0.15, 0.2) is 0 Å². The summed E-state index contributed by atoms with van der Waals surface area (Å²) in [6.07, 6.45) is 1.48. The summed E-state index contributed by atoms with van der Waals surface area (Å²) >= 11 is 7.37. The van der Waals surface area contributed by atoms with E-state index in [1.807, 2.05) is 17.5 Å². The molecule has 2 aromatic heterocycles. The van der Waals surface area contributed by atoms with Crippen molar-refractivity contribution in [2.45, 2.75) is 6.54 Å². The Kier molecular flexibility index (Phi) is 4.68. The van der Waals surface area contributed by atoms with Crippen molar-refractivity contribution in [2.75, 3.05) is 7.11 Å². The highest BCUT2D eigenvalue weighted by Gasteiger charge is 2.14. The summed E-state index contributed by atoms with van der Waals surface area (Å²) in [5.41, 5.74) is 2.09. The molecule has 2 heterocycles. The van der Waals surface area contributed by atoms with Crippen LogP contribution in [0, 0.1) is 5.82 Å². The van der Waals surface area contributed by atoms with Gasteiger partial charge in [-0.3, -0.25) is 9.36 Å². The first kappa shape index (κ1) is 17.7. The Balaban J connectivity index is 1.83. The van der Waals surface area contributed by atoms with E-state index in [4.69, 9.17) is 16.3 Å². The lowest BCUT2D eigenvalue weighted by Crippen LogP contribution is -2.21. The van der Waals surface area contributed by atoms with Crippen LogP contribution in [-0.2, 0) is 6.54 Å². The standard InChI is InChI=1S/C20H14ClFN2O2S/c1-26-17-7-6-15(22)8-13(17)9-24-11-23-19-18(20(24)25)16(10-27-19)12-2-4-14(21)5-3-12/h2-8,10-11H,9H2,1H3. The highest BCUT2D eigenvalue weighted by atomic mass is 35.5. The maximum Gasteiger partial charge on any atom is 0.263 e. The number of hydrogen-bond acceptors (Lipinski definition) is 4. The molecule has 0 amide bonds. The summed E-state index contributed by atoms with van der Waals surface area (Å²) in [6, 6.07) is 11.5. The van der Waals surface area contributed by atoms with Gasteiger partial charge in [-0.25, -0.2) is 9.37 Å². The number of hydrogen-bond donors (Lipinski definition) is 0. The molecule has 0 saturated carbocycles. The van der Waals surface area contributed by atoms with Crippen LogP contribution in [0.5, 0.6) is 5.75 Å². The molecule has 0 N–H and O–H groups in total. The van der Waals surface area contributed by atoms with Crippen LogP contribution in [-0.4, -0.2) is 16.7 Å². The molecule has 4 nitrogen and oxygen atoms in total. The number of halogens is 2. The van der Waals surface area contributed by atoms with Gasteiger partial charge in [0.05, 0.1) is 25.4 Å². The molecule has 0 radical (unpaired) electrons. The Hall–Kier alpha value is -2.70. The molecule has 0 saturated heterocycles. The molecule has 27 heavy (non-hydrogen) atoms. The highest BCUT2D eigenvalue weighted by molar-refractivity contribution is 7.17. The molecule has 4 aromatic rings. The van der Waals surface area contributed by atoms with Gasteiger partial charge >= 0.3 is 0 Å². The van der Waals surface area contributed by atoms with Crippen LogP contribution in [0.1, 0.15) is 5.56 Å². The molecule has 4 rings (SSSR count). The van der Waals surface area contributed by atoms with Crippen LogP contribution in [0.25, 0.3) is 21.3 Å². The second kappa shape index (κ2) is 7.13. The zero-order valence-corrected chi connectivity index (χ0v) is 15.9. The minimum atomic E-state index is -0.384. The highest BCUT2D eigenvalue weighted by Crippen LogP contribution is 2.31. The summed E-state index contributed by atoms with van der Waals surface area (Å²) in [4.78, 5) is 18.2. The first-order valence-electron chi connectivity index (χ1n) is 8.12. The molecule has 2 aromatic carbocycles. The van der Waals surface area contributed by atoms with E-state index >= 15 is 0 Å². The largest absolute Gasteiger partial charge is 0.496 e. The molecule has 7 heteroatoms. The number of benzene rings is 2. The van der Waals surface area contributed by atoms with Gasteiger partial charge in [-0.2, -0.15) is 0 Å². The van der Waals surface area contributed by atoms with Crippen molar-refractivity contribution in [1.82, 2.24) is 9.55 Å². The maximum absolute atomic E-state index is 13.6. The Morgan fingerprint density at radius 1 is 1.22 bits per heavy atom.